The minimum absolute atomic E-state index is 0.0195. The Morgan fingerprint density at radius 3 is 2.32 bits per heavy atom. The smallest absolute Gasteiger partial charge is 0.306 e. The van der Waals surface area contributed by atoms with Crippen LogP contribution >= 0.6 is 0 Å². The van der Waals surface area contributed by atoms with Crippen molar-refractivity contribution in [1.82, 2.24) is 10.2 Å². The molecule has 2 aromatic carbocycles. The normalized spacial score (nSPS) is 12.8. The third-order valence-electron chi connectivity index (χ3n) is 5.02. The van der Waals surface area contributed by atoms with Gasteiger partial charge in [0.2, 0.25) is 0 Å². The molecule has 0 radical (unpaired) electrons. The molecule has 0 atom stereocenters. The van der Waals surface area contributed by atoms with Crippen LogP contribution in [0.2, 0.25) is 0 Å². The molecule has 0 aliphatic carbocycles. The highest BCUT2D eigenvalue weighted by Gasteiger charge is 2.32. The summed E-state index contributed by atoms with van der Waals surface area (Å²) in [6, 6.07) is 14.1. The monoisotopic (exact) mass is 420 g/mol. The SMILES string of the molecule is O=C(COC(=O)CCCN1C(=O)c2cccc3cccc(c23)C1=O)NCc1ccco1. The Hall–Kier alpha value is -3.94. The van der Waals surface area contributed by atoms with Crippen LogP contribution in [0.1, 0.15) is 39.3 Å². The molecule has 0 saturated carbocycles. The number of nitrogens with one attached hydrogen (secondary N) is 1. The molecule has 1 aliphatic rings. The fourth-order valence-electron chi connectivity index (χ4n) is 3.53. The van der Waals surface area contributed by atoms with Crippen LogP contribution in [0.4, 0.5) is 0 Å². The van der Waals surface area contributed by atoms with Crippen LogP contribution in [-0.4, -0.2) is 41.7 Å². The van der Waals surface area contributed by atoms with Gasteiger partial charge in [-0.3, -0.25) is 24.1 Å². The van der Waals surface area contributed by atoms with Crippen LogP contribution in [0.5, 0.6) is 0 Å². The van der Waals surface area contributed by atoms with E-state index >= 15 is 0 Å². The summed E-state index contributed by atoms with van der Waals surface area (Å²) in [5.74, 6) is -1.18. The van der Waals surface area contributed by atoms with Gasteiger partial charge in [-0.1, -0.05) is 24.3 Å². The van der Waals surface area contributed by atoms with Crippen molar-refractivity contribution in [2.75, 3.05) is 13.2 Å². The fraction of sp³-hybridized carbons (Fsp3) is 0.217. The van der Waals surface area contributed by atoms with Crippen LogP contribution in [0.25, 0.3) is 10.8 Å². The third-order valence-corrected chi connectivity index (χ3v) is 5.02. The first-order valence-electron chi connectivity index (χ1n) is 9.87. The van der Waals surface area contributed by atoms with Gasteiger partial charge in [0.1, 0.15) is 5.76 Å². The average molecular weight is 420 g/mol. The highest BCUT2D eigenvalue weighted by molar-refractivity contribution is 6.25. The lowest BCUT2D eigenvalue weighted by Crippen LogP contribution is -2.41. The average Bonchev–Trinajstić information content (AvgIpc) is 3.30. The largest absolute Gasteiger partial charge is 0.467 e. The van der Waals surface area contributed by atoms with E-state index in [4.69, 9.17) is 9.15 Å². The molecule has 2 heterocycles. The standard InChI is InChI=1S/C23H20N2O6/c26-19(24-13-16-7-4-12-30-16)14-31-20(27)10-3-11-25-22(28)17-8-1-5-15-6-2-9-18(21(15)17)23(25)29/h1-2,4-9,12H,3,10-11,13-14H2,(H,24,26). The van der Waals surface area contributed by atoms with E-state index in [1.54, 1.807) is 36.4 Å². The highest BCUT2D eigenvalue weighted by atomic mass is 16.5. The van der Waals surface area contributed by atoms with Crippen molar-refractivity contribution in [1.29, 1.82) is 0 Å². The van der Waals surface area contributed by atoms with Crippen LogP contribution < -0.4 is 5.32 Å². The fourth-order valence-corrected chi connectivity index (χ4v) is 3.53. The van der Waals surface area contributed by atoms with Gasteiger partial charge < -0.3 is 14.5 Å². The van der Waals surface area contributed by atoms with Crippen molar-refractivity contribution in [2.45, 2.75) is 19.4 Å². The lowest BCUT2D eigenvalue weighted by molar-refractivity contribution is -0.148. The second-order valence-corrected chi connectivity index (χ2v) is 7.09. The number of nitrogens with zero attached hydrogens (tertiary/aromatic N) is 1. The molecule has 1 aliphatic heterocycles. The number of carbonyl (C=O) groups is 4. The lowest BCUT2D eigenvalue weighted by atomic mass is 9.94. The van der Waals surface area contributed by atoms with Crippen molar-refractivity contribution >= 4 is 34.5 Å². The number of benzene rings is 2. The molecule has 3 aromatic rings. The van der Waals surface area contributed by atoms with E-state index in [9.17, 15) is 19.2 Å². The number of amides is 3. The summed E-state index contributed by atoms with van der Waals surface area (Å²) in [6.07, 6.45) is 1.72. The lowest BCUT2D eigenvalue weighted by Gasteiger charge is -2.27. The zero-order chi connectivity index (χ0) is 21.8. The van der Waals surface area contributed by atoms with Crippen LogP contribution in [-0.2, 0) is 20.9 Å². The van der Waals surface area contributed by atoms with Crippen molar-refractivity contribution < 1.29 is 28.3 Å². The second kappa shape index (κ2) is 8.83. The summed E-state index contributed by atoms with van der Waals surface area (Å²) >= 11 is 0. The first-order chi connectivity index (χ1) is 15.0. The van der Waals surface area contributed by atoms with Crippen molar-refractivity contribution in [3.63, 3.8) is 0 Å². The van der Waals surface area contributed by atoms with Gasteiger partial charge in [0.25, 0.3) is 17.7 Å². The van der Waals surface area contributed by atoms with Gasteiger partial charge in [-0.05, 0) is 36.1 Å². The zero-order valence-corrected chi connectivity index (χ0v) is 16.6. The van der Waals surface area contributed by atoms with Gasteiger partial charge in [0, 0.05) is 29.5 Å². The Kier molecular flexibility index (Phi) is 5.79. The number of furan rings is 1. The molecule has 3 amide bonds. The number of ether oxygens (including phenoxy) is 1. The first-order valence-corrected chi connectivity index (χ1v) is 9.87. The third kappa shape index (κ3) is 4.32. The van der Waals surface area contributed by atoms with Gasteiger partial charge >= 0.3 is 5.97 Å². The number of hydrogen-bond donors (Lipinski definition) is 1. The number of imide groups is 1. The van der Waals surface area contributed by atoms with Gasteiger partial charge in [-0.15, -0.1) is 0 Å². The van der Waals surface area contributed by atoms with E-state index in [1.165, 1.54) is 6.26 Å². The number of hydrogen-bond acceptors (Lipinski definition) is 6. The molecule has 0 spiro atoms. The van der Waals surface area contributed by atoms with E-state index in [2.05, 4.69) is 5.32 Å². The van der Waals surface area contributed by atoms with E-state index < -0.39 is 18.5 Å². The molecule has 1 aromatic heterocycles. The van der Waals surface area contributed by atoms with Crippen LogP contribution in [0, 0.1) is 0 Å². The molecule has 1 N–H and O–H groups in total. The molecule has 31 heavy (non-hydrogen) atoms. The predicted octanol–water partition coefficient (Wildman–Crippen LogP) is 2.67. The van der Waals surface area contributed by atoms with E-state index in [-0.39, 0.29) is 37.7 Å². The Labute approximate surface area is 177 Å². The zero-order valence-electron chi connectivity index (χ0n) is 16.6. The van der Waals surface area contributed by atoms with Crippen molar-refractivity contribution in [3.05, 3.63) is 71.7 Å². The molecule has 8 heteroatoms. The topological polar surface area (TPSA) is 106 Å². The number of rotatable bonds is 8. The highest BCUT2D eigenvalue weighted by Crippen LogP contribution is 2.30. The Morgan fingerprint density at radius 2 is 1.68 bits per heavy atom. The molecule has 158 valence electrons. The molecule has 4 rings (SSSR count). The molecule has 8 nitrogen and oxygen atoms in total. The predicted molar refractivity (Wildman–Crippen MR) is 110 cm³/mol. The molecule has 0 saturated heterocycles. The summed E-state index contributed by atoms with van der Waals surface area (Å²) < 4.78 is 10.0. The van der Waals surface area contributed by atoms with Gasteiger partial charge in [-0.25, -0.2) is 0 Å². The summed E-state index contributed by atoms with van der Waals surface area (Å²) in [4.78, 5) is 50.4. The second-order valence-electron chi connectivity index (χ2n) is 7.09. The summed E-state index contributed by atoms with van der Waals surface area (Å²) in [5.41, 5.74) is 0.951. The van der Waals surface area contributed by atoms with Crippen molar-refractivity contribution in [3.8, 4) is 0 Å². The van der Waals surface area contributed by atoms with Crippen molar-refractivity contribution in [2.24, 2.45) is 0 Å². The van der Waals surface area contributed by atoms with Crippen LogP contribution in [0.3, 0.4) is 0 Å². The maximum Gasteiger partial charge on any atom is 0.306 e. The molecular weight excluding hydrogens is 400 g/mol. The van der Waals surface area contributed by atoms with Gasteiger partial charge in [0.15, 0.2) is 6.61 Å². The van der Waals surface area contributed by atoms with E-state index in [0.717, 1.165) is 10.3 Å². The van der Waals surface area contributed by atoms with E-state index in [0.29, 0.717) is 22.3 Å². The summed E-state index contributed by atoms with van der Waals surface area (Å²) in [7, 11) is 0. The summed E-state index contributed by atoms with van der Waals surface area (Å²) in [6.45, 7) is -0.116. The molecular formula is C23H20N2O6. The van der Waals surface area contributed by atoms with Gasteiger partial charge in [-0.2, -0.15) is 0 Å². The molecule has 0 unspecified atom stereocenters. The molecule has 0 fully saturated rings. The number of carbonyl (C=O) groups excluding carboxylic acids is 4. The summed E-state index contributed by atoms with van der Waals surface area (Å²) in [5, 5.41) is 4.07. The van der Waals surface area contributed by atoms with Crippen LogP contribution in [0.15, 0.2) is 59.2 Å². The Morgan fingerprint density at radius 1 is 0.968 bits per heavy atom. The maximum atomic E-state index is 12.8. The Balaban J connectivity index is 1.27. The first kappa shape index (κ1) is 20.3. The Bertz CT molecular complexity index is 1100. The van der Waals surface area contributed by atoms with Gasteiger partial charge in [0.05, 0.1) is 12.8 Å². The maximum absolute atomic E-state index is 12.8. The quantitative estimate of drug-likeness (QED) is 0.444. The van der Waals surface area contributed by atoms with E-state index in [1.807, 2.05) is 12.1 Å². The minimum atomic E-state index is -0.576. The molecule has 0 bridgehead atoms. The minimum Gasteiger partial charge on any atom is -0.467 e. The number of esters is 1.